The van der Waals surface area contributed by atoms with Gasteiger partial charge in [0.25, 0.3) is 0 Å². The molecule has 1 aliphatic carbocycles. The second-order valence-electron chi connectivity index (χ2n) is 6.21. The molecule has 0 unspecified atom stereocenters. The van der Waals surface area contributed by atoms with Crippen molar-refractivity contribution >= 4 is 10.9 Å². The Hall–Kier alpha value is -1.48. The van der Waals surface area contributed by atoms with Crippen LogP contribution in [0.5, 0.6) is 5.75 Å². The lowest BCUT2D eigenvalue weighted by Crippen LogP contribution is -2.11. The molecule has 0 spiro atoms. The van der Waals surface area contributed by atoms with Crippen molar-refractivity contribution in [2.24, 2.45) is 13.0 Å². The summed E-state index contributed by atoms with van der Waals surface area (Å²) in [5.74, 6) is 1.46. The molecule has 1 aliphatic rings. The minimum Gasteiger partial charge on any atom is -0.493 e. The number of aliphatic hydroxyl groups is 1. The lowest BCUT2D eigenvalue weighted by Gasteiger charge is -2.19. The van der Waals surface area contributed by atoms with Gasteiger partial charge in [0.05, 0.1) is 18.4 Å². The second kappa shape index (κ2) is 5.13. The molecule has 1 atom stereocenters. The quantitative estimate of drug-likeness (QED) is 0.927. The van der Waals surface area contributed by atoms with Crippen LogP contribution in [0.15, 0.2) is 18.2 Å². The van der Waals surface area contributed by atoms with Gasteiger partial charge in [-0.2, -0.15) is 0 Å². The van der Waals surface area contributed by atoms with E-state index in [1.165, 1.54) is 16.5 Å². The largest absolute Gasteiger partial charge is 0.493 e. The maximum Gasteiger partial charge on any atom is 0.120 e. The van der Waals surface area contributed by atoms with Crippen molar-refractivity contribution in [2.75, 3.05) is 6.61 Å². The first kappa shape index (κ1) is 13.5. The van der Waals surface area contributed by atoms with Gasteiger partial charge in [0.2, 0.25) is 0 Å². The molecule has 0 saturated heterocycles. The molecule has 0 bridgehead atoms. The van der Waals surface area contributed by atoms with E-state index in [2.05, 4.69) is 30.5 Å². The predicted octanol–water partition coefficient (Wildman–Crippen LogP) is 3.58. The van der Waals surface area contributed by atoms with E-state index in [1.54, 1.807) is 0 Å². The van der Waals surface area contributed by atoms with E-state index in [9.17, 15) is 5.11 Å². The van der Waals surface area contributed by atoms with Crippen molar-refractivity contribution in [1.29, 1.82) is 0 Å². The first-order valence-corrected chi connectivity index (χ1v) is 7.50. The van der Waals surface area contributed by atoms with E-state index in [1.807, 2.05) is 13.1 Å². The third kappa shape index (κ3) is 2.20. The third-order valence-electron chi connectivity index (χ3n) is 4.13. The highest BCUT2D eigenvalue weighted by Crippen LogP contribution is 2.37. The minimum atomic E-state index is -0.323. The lowest BCUT2D eigenvalue weighted by atomic mass is 9.93. The number of aliphatic hydroxyl groups excluding tert-OH is 1. The van der Waals surface area contributed by atoms with Crippen LogP contribution in [-0.4, -0.2) is 16.3 Å². The van der Waals surface area contributed by atoms with Gasteiger partial charge in [-0.3, -0.25) is 0 Å². The molecule has 3 rings (SSSR count). The summed E-state index contributed by atoms with van der Waals surface area (Å²) < 4.78 is 7.97. The summed E-state index contributed by atoms with van der Waals surface area (Å²) in [4.78, 5) is 0. The number of nitrogens with zero attached hydrogens (tertiary/aromatic N) is 1. The molecule has 1 heterocycles. The molecule has 1 N–H and O–H groups in total. The molecule has 0 aliphatic heterocycles. The molecule has 1 aromatic carbocycles. The standard InChI is InChI=1S/C17H23NO2/c1-11(2)10-20-12-7-8-15-14(9-12)13-5-4-6-16(19)17(13)18(15)3/h7-9,11,16,19H,4-6,10H2,1-3H3/t16-/m0/s1. The SMILES string of the molecule is CC(C)COc1ccc2c(c1)c1c(n2C)[C@@H](O)CCC1. The number of hydrogen-bond donors (Lipinski definition) is 1. The topological polar surface area (TPSA) is 34.4 Å². The van der Waals surface area contributed by atoms with Crippen LogP contribution in [0.25, 0.3) is 10.9 Å². The van der Waals surface area contributed by atoms with Gasteiger partial charge in [0.15, 0.2) is 0 Å². The van der Waals surface area contributed by atoms with E-state index in [-0.39, 0.29) is 6.10 Å². The molecular weight excluding hydrogens is 250 g/mol. The van der Waals surface area contributed by atoms with Gasteiger partial charge in [-0.05, 0) is 48.9 Å². The zero-order valence-corrected chi connectivity index (χ0v) is 12.5. The Morgan fingerprint density at radius 3 is 2.95 bits per heavy atom. The van der Waals surface area contributed by atoms with Crippen LogP contribution in [0.2, 0.25) is 0 Å². The Balaban J connectivity index is 2.05. The van der Waals surface area contributed by atoms with E-state index < -0.39 is 0 Å². The number of rotatable bonds is 3. The first-order valence-electron chi connectivity index (χ1n) is 7.50. The maximum absolute atomic E-state index is 10.2. The molecule has 1 aromatic heterocycles. The summed E-state index contributed by atoms with van der Waals surface area (Å²) in [6.45, 7) is 5.04. The minimum absolute atomic E-state index is 0.323. The van der Waals surface area contributed by atoms with Gasteiger partial charge in [-0.25, -0.2) is 0 Å². The molecule has 3 nitrogen and oxygen atoms in total. The number of benzene rings is 1. The summed E-state index contributed by atoms with van der Waals surface area (Å²) in [7, 11) is 2.05. The van der Waals surface area contributed by atoms with Crippen molar-refractivity contribution < 1.29 is 9.84 Å². The molecular formula is C17H23NO2. The van der Waals surface area contributed by atoms with E-state index >= 15 is 0 Å². The molecule has 0 fully saturated rings. The number of aryl methyl sites for hydroxylation is 2. The average Bonchev–Trinajstić information content (AvgIpc) is 2.71. The molecule has 20 heavy (non-hydrogen) atoms. The molecule has 2 aromatic rings. The normalized spacial score (nSPS) is 18.6. The van der Waals surface area contributed by atoms with Crippen molar-refractivity contribution in [1.82, 2.24) is 4.57 Å². The summed E-state index contributed by atoms with van der Waals surface area (Å²) >= 11 is 0. The van der Waals surface area contributed by atoms with Crippen LogP contribution in [-0.2, 0) is 13.5 Å². The Kier molecular flexibility index (Phi) is 3.47. The van der Waals surface area contributed by atoms with Crippen LogP contribution in [0.4, 0.5) is 0 Å². The van der Waals surface area contributed by atoms with Gasteiger partial charge in [0.1, 0.15) is 5.75 Å². The predicted molar refractivity (Wildman–Crippen MR) is 81.1 cm³/mol. The Bertz CT molecular complexity index is 627. The Morgan fingerprint density at radius 1 is 1.40 bits per heavy atom. The average molecular weight is 273 g/mol. The highest BCUT2D eigenvalue weighted by atomic mass is 16.5. The van der Waals surface area contributed by atoms with Gasteiger partial charge in [-0.1, -0.05) is 13.8 Å². The molecule has 3 heteroatoms. The third-order valence-corrected chi connectivity index (χ3v) is 4.13. The zero-order valence-electron chi connectivity index (χ0n) is 12.5. The zero-order chi connectivity index (χ0) is 14.3. The van der Waals surface area contributed by atoms with Gasteiger partial charge >= 0.3 is 0 Å². The van der Waals surface area contributed by atoms with Crippen LogP contribution < -0.4 is 4.74 Å². The highest BCUT2D eigenvalue weighted by molar-refractivity contribution is 5.87. The second-order valence-corrected chi connectivity index (χ2v) is 6.21. The lowest BCUT2D eigenvalue weighted by molar-refractivity contribution is 0.149. The number of hydrogen-bond acceptors (Lipinski definition) is 2. The summed E-state index contributed by atoms with van der Waals surface area (Å²) in [6.07, 6.45) is 2.66. The fraction of sp³-hybridized carbons (Fsp3) is 0.529. The van der Waals surface area contributed by atoms with Crippen molar-refractivity contribution in [2.45, 2.75) is 39.2 Å². The van der Waals surface area contributed by atoms with Gasteiger partial charge in [-0.15, -0.1) is 0 Å². The number of ether oxygens (including phenoxy) is 1. The maximum atomic E-state index is 10.2. The molecule has 0 saturated carbocycles. The van der Waals surface area contributed by atoms with E-state index in [0.717, 1.165) is 37.3 Å². The monoisotopic (exact) mass is 273 g/mol. The molecule has 108 valence electrons. The van der Waals surface area contributed by atoms with Crippen molar-refractivity contribution in [3.63, 3.8) is 0 Å². The van der Waals surface area contributed by atoms with E-state index in [4.69, 9.17) is 4.74 Å². The fourth-order valence-electron chi connectivity index (χ4n) is 3.17. The number of fused-ring (bicyclic) bond motifs is 3. The molecule has 0 amide bonds. The van der Waals surface area contributed by atoms with Gasteiger partial charge < -0.3 is 14.4 Å². The number of aromatic nitrogens is 1. The van der Waals surface area contributed by atoms with Crippen LogP contribution in [0, 0.1) is 5.92 Å². The van der Waals surface area contributed by atoms with Crippen LogP contribution >= 0.6 is 0 Å². The molecule has 0 radical (unpaired) electrons. The summed E-state index contributed by atoms with van der Waals surface area (Å²) in [6, 6.07) is 6.27. The summed E-state index contributed by atoms with van der Waals surface area (Å²) in [5.41, 5.74) is 3.58. The fourth-order valence-corrected chi connectivity index (χ4v) is 3.17. The van der Waals surface area contributed by atoms with Crippen LogP contribution in [0.3, 0.4) is 0 Å². The highest BCUT2D eigenvalue weighted by Gasteiger charge is 2.25. The Morgan fingerprint density at radius 2 is 2.20 bits per heavy atom. The van der Waals surface area contributed by atoms with Crippen LogP contribution in [0.1, 0.15) is 44.1 Å². The van der Waals surface area contributed by atoms with Gasteiger partial charge in [0, 0.05) is 18.0 Å². The van der Waals surface area contributed by atoms with E-state index in [0.29, 0.717) is 5.92 Å². The van der Waals surface area contributed by atoms with Crippen molar-refractivity contribution in [3.05, 3.63) is 29.5 Å². The Labute approximate surface area is 120 Å². The van der Waals surface area contributed by atoms with Crippen molar-refractivity contribution in [3.8, 4) is 5.75 Å². The smallest absolute Gasteiger partial charge is 0.120 e. The summed E-state index contributed by atoms with van der Waals surface area (Å²) in [5, 5.41) is 11.5. The first-order chi connectivity index (χ1) is 9.58.